The van der Waals surface area contributed by atoms with Crippen molar-refractivity contribution < 1.29 is 9.66 Å². The zero-order valence-corrected chi connectivity index (χ0v) is 9.56. The highest BCUT2D eigenvalue weighted by atomic mass is 16.6. The molecule has 0 radical (unpaired) electrons. The second-order valence-electron chi connectivity index (χ2n) is 3.75. The van der Waals surface area contributed by atoms with Crippen molar-refractivity contribution >= 4 is 11.5 Å². The van der Waals surface area contributed by atoms with Gasteiger partial charge in [0, 0.05) is 18.7 Å². The van der Waals surface area contributed by atoms with Crippen LogP contribution in [0.25, 0.3) is 0 Å². The van der Waals surface area contributed by atoms with Crippen molar-refractivity contribution in [2.75, 3.05) is 19.0 Å². The molecule has 0 aliphatic carbocycles. The van der Waals surface area contributed by atoms with Crippen molar-refractivity contribution in [1.29, 1.82) is 0 Å². The topological polar surface area (TPSA) is 77.3 Å². The Morgan fingerprint density at radius 2 is 2.25 bits per heavy atom. The maximum atomic E-state index is 10.8. The van der Waals surface area contributed by atoms with E-state index in [4.69, 9.17) is 4.74 Å². The summed E-state index contributed by atoms with van der Waals surface area (Å²) in [5.74, 6) is 0.988. The fourth-order valence-electron chi connectivity index (χ4n) is 1.13. The van der Waals surface area contributed by atoms with Crippen LogP contribution in [0.1, 0.15) is 13.8 Å². The number of aromatic nitrogens is 1. The molecule has 16 heavy (non-hydrogen) atoms. The molecule has 6 heteroatoms. The average Bonchev–Trinajstić information content (AvgIpc) is 2.25. The maximum Gasteiger partial charge on any atom is 0.311 e. The molecule has 0 fully saturated rings. The highest BCUT2D eigenvalue weighted by Gasteiger charge is 2.16. The second kappa shape index (κ2) is 5.29. The number of nitro groups is 1. The first-order valence-electron chi connectivity index (χ1n) is 4.98. The first kappa shape index (κ1) is 12.2. The number of methoxy groups -OCH3 is 1. The van der Waals surface area contributed by atoms with E-state index >= 15 is 0 Å². The molecule has 1 rings (SSSR count). The Balaban J connectivity index is 2.96. The van der Waals surface area contributed by atoms with E-state index < -0.39 is 4.92 Å². The molecule has 1 heterocycles. The highest BCUT2D eigenvalue weighted by molar-refractivity contribution is 5.56. The van der Waals surface area contributed by atoms with Gasteiger partial charge in [-0.2, -0.15) is 4.98 Å². The monoisotopic (exact) mass is 225 g/mol. The number of pyridine rings is 1. The van der Waals surface area contributed by atoms with Crippen molar-refractivity contribution in [2.45, 2.75) is 13.8 Å². The SMILES string of the molecule is COc1ccc([N+](=O)[O-])c(NCC(C)C)n1. The molecule has 0 unspecified atom stereocenters. The first-order valence-corrected chi connectivity index (χ1v) is 4.98. The molecule has 0 amide bonds. The summed E-state index contributed by atoms with van der Waals surface area (Å²) in [7, 11) is 1.47. The van der Waals surface area contributed by atoms with Crippen molar-refractivity contribution in [1.82, 2.24) is 4.98 Å². The summed E-state index contributed by atoms with van der Waals surface area (Å²) in [5, 5.41) is 13.7. The Hall–Kier alpha value is -1.85. The fourth-order valence-corrected chi connectivity index (χ4v) is 1.13. The minimum absolute atomic E-state index is 0.0403. The van der Waals surface area contributed by atoms with Gasteiger partial charge >= 0.3 is 5.69 Å². The van der Waals surface area contributed by atoms with Crippen LogP contribution < -0.4 is 10.1 Å². The van der Waals surface area contributed by atoms with Gasteiger partial charge in [-0.15, -0.1) is 0 Å². The van der Waals surface area contributed by atoms with E-state index in [9.17, 15) is 10.1 Å². The van der Waals surface area contributed by atoms with E-state index in [1.807, 2.05) is 13.8 Å². The van der Waals surface area contributed by atoms with Crippen LogP contribution in [0.4, 0.5) is 11.5 Å². The third-order valence-electron chi connectivity index (χ3n) is 1.93. The third-order valence-corrected chi connectivity index (χ3v) is 1.93. The number of ether oxygens (including phenoxy) is 1. The number of nitrogens with zero attached hydrogens (tertiary/aromatic N) is 2. The molecule has 0 atom stereocenters. The molecule has 0 aromatic carbocycles. The average molecular weight is 225 g/mol. The van der Waals surface area contributed by atoms with Crippen LogP contribution in [0.15, 0.2) is 12.1 Å². The predicted molar refractivity (Wildman–Crippen MR) is 60.8 cm³/mol. The van der Waals surface area contributed by atoms with Gasteiger partial charge in [0.05, 0.1) is 12.0 Å². The molecule has 1 aromatic heterocycles. The quantitative estimate of drug-likeness (QED) is 0.613. The highest BCUT2D eigenvalue weighted by Crippen LogP contribution is 2.24. The summed E-state index contributed by atoms with van der Waals surface area (Å²) in [6, 6.07) is 2.85. The van der Waals surface area contributed by atoms with Crippen molar-refractivity contribution in [3.05, 3.63) is 22.2 Å². The smallest absolute Gasteiger partial charge is 0.311 e. The maximum absolute atomic E-state index is 10.8. The molecule has 0 bridgehead atoms. The summed E-state index contributed by atoms with van der Waals surface area (Å²) in [6.45, 7) is 4.65. The van der Waals surface area contributed by atoms with Crippen LogP contribution >= 0.6 is 0 Å². The standard InChI is InChI=1S/C10H15N3O3/c1-7(2)6-11-10-8(13(14)15)4-5-9(12-10)16-3/h4-5,7H,6H2,1-3H3,(H,11,12). The molecular formula is C10H15N3O3. The number of nitrogens with one attached hydrogen (secondary N) is 1. The molecule has 0 saturated heterocycles. The largest absolute Gasteiger partial charge is 0.481 e. The van der Waals surface area contributed by atoms with E-state index in [1.165, 1.54) is 19.2 Å². The first-order chi connectivity index (χ1) is 7.54. The van der Waals surface area contributed by atoms with Gasteiger partial charge in [-0.25, -0.2) is 0 Å². The number of hydrogen-bond acceptors (Lipinski definition) is 5. The van der Waals surface area contributed by atoms with E-state index in [2.05, 4.69) is 10.3 Å². The summed E-state index contributed by atoms with van der Waals surface area (Å²) in [5.41, 5.74) is -0.0403. The van der Waals surface area contributed by atoms with E-state index in [1.54, 1.807) is 0 Å². The van der Waals surface area contributed by atoms with Crippen LogP contribution in [0.5, 0.6) is 5.88 Å². The van der Waals surface area contributed by atoms with Crippen LogP contribution in [0.3, 0.4) is 0 Å². The molecule has 0 aliphatic rings. The van der Waals surface area contributed by atoms with Gasteiger partial charge < -0.3 is 10.1 Å². The van der Waals surface area contributed by atoms with Gasteiger partial charge in [0.1, 0.15) is 0 Å². The number of rotatable bonds is 5. The van der Waals surface area contributed by atoms with E-state index in [0.717, 1.165) is 0 Å². The Labute approximate surface area is 93.8 Å². The normalized spacial score (nSPS) is 10.2. The van der Waals surface area contributed by atoms with Crippen LogP contribution in [0, 0.1) is 16.0 Å². The van der Waals surface area contributed by atoms with Crippen LogP contribution in [-0.4, -0.2) is 23.6 Å². The minimum Gasteiger partial charge on any atom is -0.481 e. The van der Waals surface area contributed by atoms with Gasteiger partial charge in [0.15, 0.2) is 0 Å². The lowest BCUT2D eigenvalue weighted by molar-refractivity contribution is -0.384. The number of hydrogen-bond donors (Lipinski definition) is 1. The molecule has 0 saturated carbocycles. The van der Waals surface area contributed by atoms with Crippen LogP contribution in [-0.2, 0) is 0 Å². The van der Waals surface area contributed by atoms with Gasteiger partial charge in [0.25, 0.3) is 0 Å². The Bertz CT molecular complexity index is 380. The van der Waals surface area contributed by atoms with E-state index in [0.29, 0.717) is 18.3 Å². The summed E-state index contributed by atoms with van der Waals surface area (Å²) in [6.07, 6.45) is 0. The van der Waals surface area contributed by atoms with Crippen LogP contribution in [0.2, 0.25) is 0 Å². The minimum atomic E-state index is -0.463. The summed E-state index contributed by atoms with van der Waals surface area (Å²) < 4.78 is 4.92. The molecule has 1 aromatic rings. The fraction of sp³-hybridized carbons (Fsp3) is 0.500. The number of anilines is 1. The van der Waals surface area contributed by atoms with Gasteiger partial charge in [-0.3, -0.25) is 10.1 Å². The Kier molecular flexibility index (Phi) is 4.04. The van der Waals surface area contributed by atoms with E-state index in [-0.39, 0.29) is 11.5 Å². The van der Waals surface area contributed by atoms with Gasteiger partial charge in [-0.1, -0.05) is 13.8 Å². The second-order valence-corrected chi connectivity index (χ2v) is 3.75. The molecule has 88 valence electrons. The van der Waals surface area contributed by atoms with Crippen molar-refractivity contribution in [2.24, 2.45) is 5.92 Å². The molecular weight excluding hydrogens is 210 g/mol. The zero-order chi connectivity index (χ0) is 12.1. The van der Waals surface area contributed by atoms with Crippen molar-refractivity contribution in [3.63, 3.8) is 0 Å². The lowest BCUT2D eigenvalue weighted by atomic mass is 10.2. The van der Waals surface area contributed by atoms with Gasteiger partial charge in [-0.05, 0) is 5.92 Å². The molecule has 6 nitrogen and oxygen atoms in total. The summed E-state index contributed by atoms with van der Waals surface area (Å²) in [4.78, 5) is 14.3. The summed E-state index contributed by atoms with van der Waals surface area (Å²) >= 11 is 0. The molecule has 0 aliphatic heterocycles. The Morgan fingerprint density at radius 3 is 2.75 bits per heavy atom. The van der Waals surface area contributed by atoms with Gasteiger partial charge in [0.2, 0.25) is 11.7 Å². The molecule has 1 N–H and O–H groups in total. The zero-order valence-electron chi connectivity index (χ0n) is 9.56. The Morgan fingerprint density at radius 1 is 1.56 bits per heavy atom. The lowest BCUT2D eigenvalue weighted by Gasteiger charge is -2.09. The van der Waals surface area contributed by atoms with Crippen molar-refractivity contribution in [3.8, 4) is 5.88 Å². The molecule has 0 spiro atoms. The predicted octanol–water partition coefficient (Wildman–Crippen LogP) is 2.07. The third kappa shape index (κ3) is 3.08. The lowest BCUT2D eigenvalue weighted by Crippen LogP contribution is -2.11.